The Bertz CT molecular complexity index is 1040. The average Bonchev–Trinajstić information content (AvgIpc) is 2.89. The fraction of sp³-hybridized carbons (Fsp3) is 0.759. The van der Waals surface area contributed by atoms with Gasteiger partial charge in [0.15, 0.2) is 0 Å². The Balaban J connectivity index is 5.86. The highest BCUT2D eigenvalue weighted by Crippen LogP contribution is 2.11. The molecule has 0 saturated carbocycles. The van der Waals surface area contributed by atoms with Crippen LogP contribution in [0.3, 0.4) is 0 Å². The summed E-state index contributed by atoms with van der Waals surface area (Å²) in [7, 11) is 0. The number of rotatable bonds is 18. The van der Waals surface area contributed by atoms with Gasteiger partial charge in [-0.3, -0.25) is 28.8 Å². The Labute approximate surface area is 259 Å². The molecule has 0 fully saturated rings. The summed E-state index contributed by atoms with van der Waals surface area (Å²) in [6, 6.07) is -7.02. The molecule has 0 heterocycles. The molecule has 44 heavy (non-hydrogen) atoms. The normalized spacial score (nSPS) is 15.6. The van der Waals surface area contributed by atoms with Crippen LogP contribution in [-0.4, -0.2) is 87.9 Å². The number of aliphatic carboxylic acids is 2. The first-order valence-electron chi connectivity index (χ1n) is 14.8. The van der Waals surface area contributed by atoms with Gasteiger partial charge in [0.1, 0.15) is 30.2 Å². The summed E-state index contributed by atoms with van der Waals surface area (Å²) in [4.78, 5) is 87.8. The third-order valence-corrected chi connectivity index (χ3v) is 7.00. The maximum Gasteiger partial charge on any atom is 0.326 e. The number of carbonyl (C=O) groups is 7. The van der Waals surface area contributed by atoms with E-state index in [4.69, 9.17) is 10.8 Å². The fourth-order valence-electron chi connectivity index (χ4n) is 4.06. The van der Waals surface area contributed by atoms with Crippen molar-refractivity contribution >= 4 is 41.5 Å². The van der Waals surface area contributed by atoms with Gasteiger partial charge in [0.05, 0.1) is 12.5 Å². The molecule has 0 unspecified atom stereocenters. The predicted octanol–water partition coefficient (Wildman–Crippen LogP) is -0.423. The molecule has 0 bridgehead atoms. The van der Waals surface area contributed by atoms with Gasteiger partial charge in [0.2, 0.25) is 29.5 Å². The first-order valence-corrected chi connectivity index (χ1v) is 14.8. The van der Waals surface area contributed by atoms with Gasteiger partial charge in [-0.1, -0.05) is 69.2 Å². The van der Waals surface area contributed by atoms with Crippen molar-refractivity contribution in [1.29, 1.82) is 0 Å². The molecule has 0 saturated heterocycles. The van der Waals surface area contributed by atoms with Gasteiger partial charge < -0.3 is 42.5 Å². The van der Waals surface area contributed by atoms with Crippen LogP contribution in [0.4, 0.5) is 0 Å². The maximum atomic E-state index is 13.4. The Morgan fingerprint density at radius 1 is 0.477 bits per heavy atom. The zero-order chi connectivity index (χ0) is 34.6. The van der Waals surface area contributed by atoms with Crippen LogP contribution in [-0.2, 0) is 33.6 Å². The summed E-state index contributed by atoms with van der Waals surface area (Å²) in [5.41, 5.74) is 5.92. The summed E-state index contributed by atoms with van der Waals surface area (Å²) in [6.07, 6.45) is -0.862. The number of carboxylic acid groups (broad SMARTS) is 2. The molecule has 0 aromatic rings. The van der Waals surface area contributed by atoms with Crippen molar-refractivity contribution in [2.45, 2.75) is 112 Å². The fourth-order valence-corrected chi connectivity index (χ4v) is 4.06. The van der Waals surface area contributed by atoms with Crippen molar-refractivity contribution in [3.63, 3.8) is 0 Å². The quantitative estimate of drug-likeness (QED) is 0.0973. The van der Waals surface area contributed by atoms with E-state index in [-0.39, 0.29) is 11.8 Å². The smallest absolute Gasteiger partial charge is 0.326 e. The van der Waals surface area contributed by atoms with Gasteiger partial charge in [-0.05, 0) is 29.6 Å². The molecule has 5 amide bonds. The lowest BCUT2D eigenvalue weighted by Gasteiger charge is -2.31. The highest BCUT2D eigenvalue weighted by Gasteiger charge is 2.36. The van der Waals surface area contributed by atoms with Crippen LogP contribution in [0.25, 0.3) is 0 Å². The minimum atomic E-state index is -1.71. The molecule has 6 atom stereocenters. The summed E-state index contributed by atoms with van der Waals surface area (Å²) in [5, 5.41) is 30.9. The van der Waals surface area contributed by atoms with E-state index in [2.05, 4.69) is 26.6 Å². The van der Waals surface area contributed by atoms with E-state index >= 15 is 0 Å². The summed E-state index contributed by atoms with van der Waals surface area (Å²) in [6.45, 7) is 16.9. The molecular weight excluding hydrogens is 576 g/mol. The molecule has 0 aliphatic heterocycles. The van der Waals surface area contributed by atoms with Gasteiger partial charge in [0, 0.05) is 0 Å². The zero-order valence-corrected chi connectivity index (χ0v) is 27.4. The molecule has 0 aliphatic carbocycles. The van der Waals surface area contributed by atoms with E-state index in [1.807, 2.05) is 0 Å². The van der Waals surface area contributed by atoms with Gasteiger partial charge in [-0.15, -0.1) is 0 Å². The van der Waals surface area contributed by atoms with Crippen molar-refractivity contribution < 1.29 is 43.8 Å². The highest BCUT2D eigenvalue weighted by molar-refractivity contribution is 5.97. The summed E-state index contributed by atoms with van der Waals surface area (Å²) >= 11 is 0. The van der Waals surface area contributed by atoms with Gasteiger partial charge >= 0.3 is 11.9 Å². The van der Waals surface area contributed by atoms with E-state index in [1.165, 1.54) is 0 Å². The van der Waals surface area contributed by atoms with Crippen LogP contribution in [0.5, 0.6) is 0 Å². The summed E-state index contributed by atoms with van der Waals surface area (Å²) in [5.74, 6) is -8.33. The van der Waals surface area contributed by atoms with Crippen LogP contribution in [0.15, 0.2) is 0 Å². The Morgan fingerprint density at radius 3 is 0.977 bits per heavy atom. The Kier molecular flexibility index (Phi) is 16.6. The second-order valence-electron chi connectivity index (χ2n) is 12.7. The topological polar surface area (TPSA) is 246 Å². The number of carbonyl (C=O) groups excluding carboxylic acids is 5. The number of nitrogens with one attached hydrogen (secondary N) is 5. The third kappa shape index (κ3) is 12.9. The lowest BCUT2D eigenvalue weighted by molar-refractivity contribution is -0.147. The van der Waals surface area contributed by atoms with E-state index in [1.54, 1.807) is 69.2 Å². The van der Waals surface area contributed by atoms with Crippen molar-refractivity contribution in [2.75, 3.05) is 0 Å². The molecule has 0 spiro atoms. The molecule has 0 aromatic heterocycles. The molecule has 9 N–H and O–H groups in total. The van der Waals surface area contributed by atoms with Gasteiger partial charge in [-0.25, -0.2) is 4.79 Å². The van der Waals surface area contributed by atoms with Crippen LogP contribution >= 0.6 is 0 Å². The van der Waals surface area contributed by atoms with Crippen molar-refractivity contribution in [2.24, 2.45) is 35.3 Å². The molecule has 0 aromatic carbocycles. The number of amides is 5. The first-order chi connectivity index (χ1) is 20.1. The molecule has 252 valence electrons. The van der Waals surface area contributed by atoms with Crippen LogP contribution < -0.4 is 32.3 Å². The Hall–Kier alpha value is -3.75. The highest BCUT2D eigenvalue weighted by atomic mass is 16.4. The SMILES string of the molecule is CC(C)[C@H](N)C(=O)N[C@H](C(=O)N[C@H](C(=O)N[C@H](C(=O)N[C@H](C(=O)N[C@@H](CC(=O)O)C(=O)O)C(C)C)C(C)C)C(C)C)C(C)C. The van der Waals surface area contributed by atoms with Gasteiger partial charge in [0.25, 0.3) is 0 Å². The largest absolute Gasteiger partial charge is 0.481 e. The third-order valence-electron chi connectivity index (χ3n) is 7.00. The van der Waals surface area contributed by atoms with Crippen molar-refractivity contribution in [3.05, 3.63) is 0 Å². The molecule has 0 rings (SSSR count). The lowest BCUT2D eigenvalue weighted by atomic mass is 9.96. The van der Waals surface area contributed by atoms with E-state index in [0.29, 0.717) is 0 Å². The Morgan fingerprint density at radius 2 is 0.750 bits per heavy atom. The van der Waals surface area contributed by atoms with Crippen LogP contribution in [0, 0.1) is 29.6 Å². The number of nitrogens with two attached hydrogens (primary N) is 1. The maximum absolute atomic E-state index is 13.4. The van der Waals surface area contributed by atoms with E-state index in [9.17, 15) is 38.7 Å². The van der Waals surface area contributed by atoms with E-state index in [0.717, 1.165) is 0 Å². The zero-order valence-electron chi connectivity index (χ0n) is 27.4. The average molecular weight is 629 g/mol. The van der Waals surface area contributed by atoms with Crippen molar-refractivity contribution in [1.82, 2.24) is 26.6 Å². The van der Waals surface area contributed by atoms with E-state index < -0.39 is 102 Å². The predicted molar refractivity (Wildman–Crippen MR) is 162 cm³/mol. The van der Waals surface area contributed by atoms with Crippen molar-refractivity contribution in [3.8, 4) is 0 Å². The number of hydrogen-bond donors (Lipinski definition) is 8. The molecule has 15 nitrogen and oxygen atoms in total. The second kappa shape index (κ2) is 18.1. The summed E-state index contributed by atoms with van der Waals surface area (Å²) < 4.78 is 0. The molecule has 0 aliphatic rings. The molecular formula is C29H52N6O9. The molecule has 0 radical (unpaired) electrons. The second-order valence-corrected chi connectivity index (χ2v) is 12.7. The minimum Gasteiger partial charge on any atom is -0.481 e. The number of hydrogen-bond acceptors (Lipinski definition) is 8. The first kappa shape index (κ1) is 40.2. The monoisotopic (exact) mass is 628 g/mol. The molecule has 15 heteroatoms. The minimum absolute atomic E-state index is 0.163. The van der Waals surface area contributed by atoms with Crippen LogP contribution in [0.2, 0.25) is 0 Å². The van der Waals surface area contributed by atoms with Gasteiger partial charge in [-0.2, -0.15) is 0 Å². The standard InChI is InChI=1S/C29H52N6O9/c1-12(2)19(30)24(38)32-21(14(5)6)26(40)34-23(16(9)10)28(42)35-22(15(7)8)27(41)33-20(13(3)4)25(39)31-17(29(43)44)11-18(36)37/h12-17,19-23H,11,30H2,1-10H3,(H,31,39)(H,32,38)(H,33,41)(H,34,40)(H,35,42)(H,36,37)(H,43,44)/t17-,19-,20-,21-,22-,23-/m0/s1. The lowest BCUT2D eigenvalue weighted by Crippen LogP contribution is -2.62. The number of carboxylic acids is 2. The van der Waals surface area contributed by atoms with Crippen LogP contribution in [0.1, 0.15) is 75.7 Å².